The van der Waals surface area contributed by atoms with Gasteiger partial charge in [0.15, 0.2) is 21.2 Å². The molecule has 1 amide bonds. The van der Waals surface area contributed by atoms with Crippen LogP contribution in [0.3, 0.4) is 0 Å². The van der Waals surface area contributed by atoms with Gasteiger partial charge in [0.25, 0.3) is 0 Å². The first-order chi connectivity index (χ1) is 15.1. The van der Waals surface area contributed by atoms with Gasteiger partial charge in [0.1, 0.15) is 0 Å². The van der Waals surface area contributed by atoms with E-state index in [1.807, 2.05) is 6.07 Å². The fraction of sp³-hybridized carbons (Fsp3) is 0.435. The molecule has 0 aliphatic heterocycles. The van der Waals surface area contributed by atoms with Gasteiger partial charge in [0.05, 0.1) is 16.3 Å². The SMILES string of the molecule is CC(=O)NCc1ccc(C(=O)COC(=O)C2(S(=O)(=O)c3cc(C)ccc3C)CCCC2)s1. The Labute approximate surface area is 192 Å². The van der Waals surface area contributed by atoms with Crippen LogP contribution in [0.25, 0.3) is 0 Å². The van der Waals surface area contributed by atoms with Crippen LogP contribution in [0, 0.1) is 13.8 Å². The molecule has 3 rings (SSSR count). The smallest absolute Gasteiger partial charge is 0.328 e. The topological polar surface area (TPSA) is 107 Å². The quantitative estimate of drug-likeness (QED) is 0.461. The third-order valence-electron chi connectivity index (χ3n) is 5.71. The van der Waals surface area contributed by atoms with Crippen LogP contribution in [0.1, 0.15) is 58.3 Å². The summed E-state index contributed by atoms with van der Waals surface area (Å²) < 4.78 is 30.8. The lowest BCUT2D eigenvalue weighted by molar-refractivity contribution is -0.145. The van der Waals surface area contributed by atoms with Gasteiger partial charge >= 0.3 is 5.97 Å². The number of hydrogen-bond acceptors (Lipinski definition) is 7. The number of rotatable bonds is 8. The van der Waals surface area contributed by atoms with E-state index in [1.165, 1.54) is 18.3 Å². The highest BCUT2D eigenvalue weighted by Crippen LogP contribution is 2.42. The molecule has 2 aromatic rings. The van der Waals surface area contributed by atoms with E-state index in [4.69, 9.17) is 4.74 Å². The first-order valence-electron chi connectivity index (χ1n) is 10.4. The Morgan fingerprint density at radius 1 is 1.09 bits per heavy atom. The molecule has 9 heteroatoms. The standard InChI is InChI=1S/C23H27NO6S2/c1-15-6-7-16(2)21(12-15)32(28,29)23(10-4-5-11-23)22(27)30-14-19(26)20-9-8-18(31-20)13-24-17(3)25/h6-9,12H,4-5,10-11,13-14H2,1-3H3,(H,24,25). The van der Waals surface area contributed by atoms with E-state index in [1.54, 1.807) is 38.1 Å². The summed E-state index contributed by atoms with van der Waals surface area (Å²) in [7, 11) is -4.00. The van der Waals surface area contributed by atoms with Crippen LogP contribution in [0.15, 0.2) is 35.2 Å². The van der Waals surface area contributed by atoms with E-state index in [-0.39, 0.29) is 23.6 Å². The highest BCUT2D eigenvalue weighted by molar-refractivity contribution is 7.93. The fourth-order valence-electron chi connectivity index (χ4n) is 3.90. The normalized spacial score (nSPS) is 15.3. The maximum atomic E-state index is 13.6. The first kappa shape index (κ1) is 24.1. The van der Waals surface area contributed by atoms with Crippen LogP contribution < -0.4 is 5.32 Å². The minimum absolute atomic E-state index is 0.142. The molecule has 1 N–H and O–H groups in total. The van der Waals surface area contributed by atoms with Gasteiger partial charge in [-0.3, -0.25) is 14.4 Å². The molecule has 1 aliphatic rings. The summed E-state index contributed by atoms with van der Waals surface area (Å²) in [5.41, 5.74) is 1.37. The van der Waals surface area contributed by atoms with Crippen LogP contribution in [0.5, 0.6) is 0 Å². The van der Waals surface area contributed by atoms with E-state index in [0.717, 1.165) is 10.4 Å². The predicted octanol–water partition coefficient (Wildman–Crippen LogP) is 3.51. The van der Waals surface area contributed by atoms with Gasteiger partial charge < -0.3 is 10.1 Å². The van der Waals surface area contributed by atoms with E-state index < -0.39 is 32.9 Å². The Balaban J connectivity index is 1.76. The molecule has 0 atom stereocenters. The Morgan fingerprint density at radius 3 is 2.44 bits per heavy atom. The Hall–Kier alpha value is -2.52. The molecule has 7 nitrogen and oxygen atoms in total. The van der Waals surface area contributed by atoms with Gasteiger partial charge in [-0.2, -0.15) is 0 Å². The number of benzene rings is 1. The van der Waals surface area contributed by atoms with Crippen LogP contribution >= 0.6 is 11.3 Å². The van der Waals surface area contributed by atoms with Crippen molar-refractivity contribution < 1.29 is 27.5 Å². The number of aryl methyl sites for hydroxylation is 2. The zero-order valence-electron chi connectivity index (χ0n) is 18.4. The van der Waals surface area contributed by atoms with Crippen molar-refractivity contribution >= 4 is 38.8 Å². The average molecular weight is 478 g/mol. The molecule has 1 aliphatic carbocycles. The number of carbonyl (C=O) groups is 3. The molecule has 0 radical (unpaired) electrons. The molecule has 1 fully saturated rings. The van der Waals surface area contributed by atoms with Gasteiger partial charge in [-0.25, -0.2) is 8.42 Å². The van der Waals surface area contributed by atoms with Gasteiger partial charge in [0, 0.05) is 11.8 Å². The molecule has 0 saturated heterocycles. The van der Waals surface area contributed by atoms with Crippen LogP contribution in [-0.2, 0) is 30.7 Å². The number of sulfone groups is 1. The van der Waals surface area contributed by atoms with Gasteiger partial charge in [-0.1, -0.05) is 25.0 Å². The second kappa shape index (κ2) is 9.54. The lowest BCUT2D eigenvalue weighted by atomic mass is 10.1. The van der Waals surface area contributed by atoms with E-state index >= 15 is 0 Å². The minimum atomic E-state index is -4.00. The summed E-state index contributed by atoms with van der Waals surface area (Å²) in [6.45, 7) is 4.70. The lowest BCUT2D eigenvalue weighted by Crippen LogP contribution is -2.46. The second-order valence-electron chi connectivity index (χ2n) is 8.15. The van der Waals surface area contributed by atoms with Gasteiger partial charge in [0.2, 0.25) is 11.7 Å². The Kier molecular flexibility index (Phi) is 7.19. The minimum Gasteiger partial charge on any atom is -0.456 e. The molecule has 0 bridgehead atoms. The molecule has 1 saturated carbocycles. The summed E-state index contributed by atoms with van der Waals surface area (Å²) in [6.07, 6.45) is 1.56. The zero-order chi connectivity index (χ0) is 23.5. The Bertz CT molecular complexity index is 1140. The maximum Gasteiger partial charge on any atom is 0.328 e. The van der Waals surface area contributed by atoms with Gasteiger partial charge in [-0.15, -0.1) is 11.3 Å². The molecule has 1 heterocycles. The van der Waals surface area contributed by atoms with Crippen molar-refractivity contribution in [1.82, 2.24) is 5.32 Å². The van der Waals surface area contributed by atoms with Gasteiger partial charge in [-0.05, 0) is 56.0 Å². The second-order valence-corrected chi connectivity index (χ2v) is 11.5. The highest BCUT2D eigenvalue weighted by Gasteiger charge is 2.54. The zero-order valence-corrected chi connectivity index (χ0v) is 20.0. The fourth-order valence-corrected chi connectivity index (χ4v) is 7.13. The van der Waals surface area contributed by atoms with E-state index in [0.29, 0.717) is 29.8 Å². The molecule has 172 valence electrons. The number of ketones is 1. The number of ether oxygens (including phenoxy) is 1. The lowest BCUT2D eigenvalue weighted by Gasteiger charge is -2.27. The number of amides is 1. The molecule has 0 unspecified atom stereocenters. The maximum absolute atomic E-state index is 13.6. The molecular formula is C23H27NO6S2. The largest absolute Gasteiger partial charge is 0.456 e. The number of thiophene rings is 1. The van der Waals surface area contributed by atoms with E-state index in [9.17, 15) is 22.8 Å². The third kappa shape index (κ3) is 4.78. The molecule has 1 aromatic heterocycles. The van der Waals surface area contributed by atoms with Crippen molar-refractivity contribution in [3.63, 3.8) is 0 Å². The summed E-state index contributed by atoms with van der Waals surface area (Å²) in [5.74, 6) is -1.44. The average Bonchev–Trinajstić information content (AvgIpc) is 3.42. The first-order valence-corrected chi connectivity index (χ1v) is 12.7. The van der Waals surface area contributed by atoms with Crippen LogP contribution in [0.4, 0.5) is 0 Å². The number of esters is 1. The molecule has 0 spiro atoms. The van der Waals surface area contributed by atoms with Crippen molar-refractivity contribution in [3.05, 3.63) is 51.2 Å². The summed E-state index contributed by atoms with van der Waals surface area (Å²) >= 11 is 1.20. The highest BCUT2D eigenvalue weighted by atomic mass is 32.2. The Morgan fingerprint density at radius 2 is 1.78 bits per heavy atom. The van der Waals surface area contributed by atoms with Crippen molar-refractivity contribution in [2.24, 2.45) is 0 Å². The van der Waals surface area contributed by atoms with Crippen molar-refractivity contribution in [1.29, 1.82) is 0 Å². The number of hydrogen-bond donors (Lipinski definition) is 1. The van der Waals surface area contributed by atoms with E-state index in [2.05, 4.69) is 5.32 Å². The monoisotopic (exact) mass is 477 g/mol. The van der Waals surface area contributed by atoms with Crippen LogP contribution in [0.2, 0.25) is 0 Å². The summed E-state index contributed by atoms with van der Waals surface area (Å²) in [5, 5.41) is 2.66. The summed E-state index contributed by atoms with van der Waals surface area (Å²) in [6, 6.07) is 8.48. The number of carbonyl (C=O) groups excluding carboxylic acids is 3. The van der Waals surface area contributed by atoms with Crippen molar-refractivity contribution in [2.75, 3.05) is 6.61 Å². The van der Waals surface area contributed by atoms with Crippen molar-refractivity contribution in [3.8, 4) is 0 Å². The number of Topliss-reactive ketones (excluding diaryl/α,β-unsaturated/α-hetero) is 1. The number of nitrogens with one attached hydrogen (secondary N) is 1. The molecule has 32 heavy (non-hydrogen) atoms. The summed E-state index contributed by atoms with van der Waals surface area (Å²) in [4.78, 5) is 38.0. The molecule has 1 aromatic carbocycles. The van der Waals surface area contributed by atoms with Crippen LogP contribution in [-0.4, -0.2) is 37.4 Å². The molecular weight excluding hydrogens is 450 g/mol. The third-order valence-corrected chi connectivity index (χ3v) is 9.46. The predicted molar refractivity (Wildman–Crippen MR) is 121 cm³/mol. The van der Waals surface area contributed by atoms with Crippen molar-refractivity contribution in [2.45, 2.75) is 62.6 Å².